The molecule has 154 valence electrons. The van der Waals surface area contributed by atoms with Crippen LogP contribution in [0.1, 0.15) is 24.4 Å². The molecule has 2 amide bonds. The molecule has 0 aliphatic carbocycles. The van der Waals surface area contributed by atoms with E-state index in [1.807, 2.05) is 0 Å². The summed E-state index contributed by atoms with van der Waals surface area (Å²) in [5, 5.41) is 5.85. The largest absolute Gasteiger partial charge is 0.434 e. The number of benzene rings is 1. The molecule has 2 aliphatic rings. The van der Waals surface area contributed by atoms with Crippen LogP contribution >= 0.6 is 11.6 Å². The van der Waals surface area contributed by atoms with Crippen LogP contribution in [0.15, 0.2) is 24.3 Å². The molecule has 1 aromatic rings. The topological polar surface area (TPSA) is 70.7 Å². The van der Waals surface area contributed by atoms with Gasteiger partial charge >= 0.3 is 6.09 Å². The first-order valence-corrected chi connectivity index (χ1v) is 9.39. The van der Waals surface area contributed by atoms with Crippen molar-refractivity contribution < 1.29 is 27.5 Å². The molecular weight excluding hydrogens is 399 g/mol. The Morgan fingerprint density at radius 2 is 1.86 bits per heavy atom. The van der Waals surface area contributed by atoms with Gasteiger partial charge in [-0.05, 0) is 36.5 Å². The number of alkyl carbamates (subject to hydrolysis) is 1. The second kappa shape index (κ2) is 9.00. The van der Waals surface area contributed by atoms with Gasteiger partial charge in [0.1, 0.15) is 0 Å². The molecule has 10 heteroatoms. The molecule has 3 rings (SSSR count). The molecule has 0 spiro atoms. The van der Waals surface area contributed by atoms with Crippen LogP contribution in [0.5, 0.6) is 0 Å². The SMILES string of the molecule is O=C1NCC(C(=O)N[C@H](c2ccc(Cl)cc2)C2CCN(C(F)C(F)F)CC2)O1. The number of nitrogens with one attached hydrogen (secondary N) is 2. The van der Waals surface area contributed by atoms with Gasteiger partial charge in [0.2, 0.25) is 6.30 Å². The van der Waals surface area contributed by atoms with Crippen molar-refractivity contribution >= 4 is 23.6 Å². The maximum Gasteiger partial charge on any atom is 0.408 e. The molecule has 2 N–H and O–H groups in total. The summed E-state index contributed by atoms with van der Waals surface area (Å²) in [5.41, 5.74) is 0.791. The number of piperidine rings is 1. The summed E-state index contributed by atoms with van der Waals surface area (Å²) in [6.07, 6.45) is -6.05. The van der Waals surface area contributed by atoms with Gasteiger partial charge in [-0.3, -0.25) is 9.69 Å². The minimum atomic E-state index is -3.05. The van der Waals surface area contributed by atoms with Crippen LogP contribution in [-0.4, -0.2) is 55.4 Å². The number of carbonyl (C=O) groups is 2. The Balaban J connectivity index is 1.71. The van der Waals surface area contributed by atoms with Crippen molar-refractivity contribution in [1.82, 2.24) is 15.5 Å². The number of hydrogen-bond acceptors (Lipinski definition) is 4. The van der Waals surface area contributed by atoms with Crippen molar-refractivity contribution in [3.63, 3.8) is 0 Å². The van der Waals surface area contributed by atoms with E-state index in [-0.39, 0.29) is 25.6 Å². The average molecular weight is 420 g/mol. The molecule has 3 atom stereocenters. The normalized spacial score (nSPS) is 23.2. The first-order valence-electron chi connectivity index (χ1n) is 9.01. The lowest BCUT2D eigenvalue weighted by atomic mass is 9.85. The van der Waals surface area contributed by atoms with Gasteiger partial charge in [-0.15, -0.1) is 0 Å². The van der Waals surface area contributed by atoms with E-state index in [0.717, 1.165) is 10.5 Å². The number of halogens is 4. The lowest BCUT2D eigenvalue weighted by molar-refractivity contribution is -0.129. The molecule has 1 aromatic carbocycles. The zero-order valence-corrected chi connectivity index (χ0v) is 15.7. The number of hydrogen-bond donors (Lipinski definition) is 2. The summed E-state index contributed by atoms with van der Waals surface area (Å²) in [4.78, 5) is 24.8. The molecule has 28 heavy (non-hydrogen) atoms. The average Bonchev–Trinajstić information content (AvgIpc) is 3.13. The molecule has 2 heterocycles. The number of amides is 2. The highest BCUT2D eigenvalue weighted by Gasteiger charge is 2.36. The van der Waals surface area contributed by atoms with Gasteiger partial charge < -0.3 is 15.4 Å². The number of alkyl halides is 3. The Hall–Kier alpha value is -2.00. The minimum Gasteiger partial charge on any atom is -0.434 e. The highest BCUT2D eigenvalue weighted by atomic mass is 35.5. The molecule has 0 saturated carbocycles. The van der Waals surface area contributed by atoms with Gasteiger partial charge in [-0.25, -0.2) is 18.0 Å². The Kier molecular flexibility index (Phi) is 6.66. The van der Waals surface area contributed by atoms with Crippen LogP contribution in [0, 0.1) is 5.92 Å². The fraction of sp³-hybridized carbons (Fsp3) is 0.556. The fourth-order valence-corrected chi connectivity index (χ4v) is 3.71. The van der Waals surface area contributed by atoms with E-state index in [4.69, 9.17) is 16.3 Å². The number of rotatable bonds is 6. The number of ether oxygens (including phenoxy) is 1. The van der Waals surface area contributed by atoms with E-state index in [0.29, 0.717) is 17.9 Å². The van der Waals surface area contributed by atoms with Gasteiger partial charge in [0.05, 0.1) is 12.6 Å². The number of likely N-dealkylation sites (tertiary alicyclic amines) is 1. The highest BCUT2D eigenvalue weighted by Crippen LogP contribution is 2.33. The van der Waals surface area contributed by atoms with Gasteiger partial charge in [-0.1, -0.05) is 23.7 Å². The summed E-state index contributed by atoms with van der Waals surface area (Å²) < 4.78 is 43.7. The quantitative estimate of drug-likeness (QED) is 0.696. The second-order valence-electron chi connectivity index (χ2n) is 6.89. The summed E-state index contributed by atoms with van der Waals surface area (Å²) in [6.45, 7) is 0.403. The summed E-state index contributed by atoms with van der Waals surface area (Å²) in [5.74, 6) is -0.534. The van der Waals surface area contributed by atoms with Crippen molar-refractivity contribution in [2.75, 3.05) is 19.6 Å². The third kappa shape index (κ3) is 4.88. The van der Waals surface area contributed by atoms with E-state index in [1.54, 1.807) is 24.3 Å². The predicted molar refractivity (Wildman–Crippen MR) is 95.8 cm³/mol. The van der Waals surface area contributed by atoms with Crippen LogP contribution in [0.3, 0.4) is 0 Å². The second-order valence-corrected chi connectivity index (χ2v) is 7.33. The van der Waals surface area contributed by atoms with E-state index >= 15 is 0 Å². The lowest BCUT2D eigenvalue weighted by Crippen LogP contribution is -2.47. The van der Waals surface area contributed by atoms with Crippen LogP contribution in [-0.2, 0) is 9.53 Å². The smallest absolute Gasteiger partial charge is 0.408 e. The summed E-state index contributed by atoms with van der Waals surface area (Å²) in [6, 6.07) is 6.49. The predicted octanol–water partition coefficient (Wildman–Crippen LogP) is 2.88. The highest BCUT2D eigenvalue weighted by molar-refractivity contribution is 6.30. The Labute approximate surface area is 165 Å². The Morgan fingerprint density at radius 1 is 1.21 bits per heavy atom. The van der Waals surface area contributed by atoms with Crippen molar-refractivity contribution in [1.29, 1.82) is 0 Å². The first kappa shape index (κ1) is 20.7. The molecule has 0 aromatic heterocycles. The zero-order chi connectivity index (χ0) is 20.3. The monoisotopic (exact) mass is 419 g/mol. The van der Waals surface area contributed by atoms with Gasteiger partial charge in [0.25, 0.3) is 12.3 Å². The zero-order valence-electron chi connectivity index (χ0n) is 14.9. The van der Waals surface area contributed by atoms with Gasteiger partial charge in [0.15, 0.2) is 6.10 Å². The van der Waals surface area contributed by atoms with E-state index < -0.39 is 36.9 Å². The first-order chi connectivity index (χ1) is 13.3. The molecule has 2 saturated heterocycles. The lowest BCUT2D eigenvalue weighted by Gasteiger charge is -2.37. The van der Waals surface area contributed by atoms with E-state index in [9.17, 15) is 22.8 Å². The third-order valence-electron chi connectivity index (χ3n) is 5.10. The maximum absolute atomic E-state index is 13.6. The van der Waals surface area contributed by atoms with Crippen LogP contribution in [0.4, 0.5) is 18.0 Å². The molecule has 2 unspecified atom stereocenters. The summed E-state index contributed by atoms with van der Waals surface area (Å²) in [7, 11) is 0. The van der Waals surface area contributed by atoms with Gasteiger partial charge in [-0.2, -0.15) is 0 Å². The van der Waals surface area contributed by atoms with Crippen LogP contribution < -0.4 is 10.6 Å². The van der Waals surface area contributed by atoms with Crippen molar-refractivity contribution in [2.24, 2.45) is 5.92 Å². The van der Waals surface area contributed by atoms with E-state index in [1.165, 1.54) is 0 Å². The number of nitrogens with zero attached hydrogens (tertiary/aromatic N) is 1. The van der Waals surface area contributed by atoms with Crippen molar-refractivity contribution in [3.05, 3.63) is 34.9 Å². The fourth-order valence-electron chi connectivity index (χ4n) is 3.58. The minimum absolute atomic E-state index is 0.0777. The molecule has 2 fully saturated rings. The van der Waals surface area contributed by atoms with Crippen LogP contribution in [0.2, 0.25) is 5.02 Å². The van der Waals surface area contributed by atoms with Gasteiger partial charge in [0, 0.05) is 18.1 Å². The molecule has 0 bridgehead atoms. The molecule has 6 nitrogen and oxygen atoms in total. The Bertz CT molecular complexity index is 699. The van der Waals surface area contributed by atoms with Crippen molar-refractivity contribution in [3.8, 4) is 0 Å². The number of cyclic esters (lactones) is 1. The van der Waals surface area contributed by atoms with E-state index in [2.05, 4.69) is 10.6 Å². The Morgan fingerprint density at radius 3 is 2.39 bits per heavy atom. The third-order valence-corrected chi connectivity index (χ3v) is 5.35. The standard InChI is InChI=1S/C18H21ClF3N3O3/c19-12-3-1-10(2-4-12)14(24-17(26)13-9-23-18(27)28-13)11-5-7-25(8-6-11)16(22)15(20)21/h1-4,11,13-16H,5-9H2,(H,23,27)(H,24,26)/t13?,14-,16?/m1/s1. The molecule has 0 radical (unpaired) electrons. The molecule has 2 aliphatic heterocycles. The van der Waals surface area contributed by atoms with Crippen molar-refractivity contribution in [2.45, 2.75) is 37.7 Å². The van der Waals surface area contributed by atoms with Crippen LogP contribution in [0.25, 0.3) is 0 Å². The number of carbonyl (C=O) groups excluding carboxylic acids is 2. The molecular formula is C18H21ClF3N3O3. The maximum atomic E-state index is 13.6. The summed E-state index contributed by atoms with van der Waals surface area (Å²) >= 11 is 5.94.